The lowest BCUT2D eigenvalue weighted by Gasteiger charge is -2.03. The zero-order chi connectivity index (χ0) is 11.3. The van der Waals surface area contributed by atoms with E-state index in [2.05, 4.69) is 10.4 Å². The first-order chi connectivity index (χ1) is 7.11. The van der Waals surface area contributed by atoms with Crippen molar-refractivity contribution in [3.63, 3.8) is 0 Å². The fourth-order valence-electron chi connectivity index (χ4n) is 1.05. The number of carbonyl (C=O) groups excluding carboxylic acids is 2. The Hall–Kier alpha value is -2.04. The van der Waals surface area contributed by atoms with Gasteiger partial charge in [0.1, 0.15) is 5.78 Å². The fraction of sp³-hybridized carbons (Fsp3) is 0.200. The summed E-state index contributed by atoms with van der Waals surface area (Å²) in [6.07, 6.45) is -0.120. The molecule has 0 spiro atoms. The van der Waals surface area contributed by atoms with E-state index in [9.17, 15) is 9.59 Å². The molecule has 0 aromatic heterocycles. The molecule has 0 radical (unpaired) electrons. The van der Waals surface area contributed by atoms with Crippen LogP contribution in [0.15, 0.2) is 29.4 Å². The molecule has 1 amide bonds. The highest BCUT2D eigenvalue weighted by atomic mass is 16.2. The van der Waals surface area contributed by atoms with E-state index in [1.165, 1.54) is 6.92 Å². The van der Waals surface area contributed by atoms with Crippen molar-refractivity contribution in [2.75, 3.05) is 5.32 Å². The van der Waals surface area contributed by atoms with Crippen LogP contribution in [-0.4, -0.2) is 11.7 Å². The van der Waals surface area contributed by atoms with Crippen LogP contribution in [0.2, 0.25) is 0 Å². The second kappa shape index (κ2) is 4.99. The summed E-state index contributed by atoms with van der Waals surface area (Å²) >= 11 is 0. The minimum atomic E-state index is -0.335. The van der Waals surface area contributed by atoms with Crippen LogP contribution < -0.4 is 5.32 Å². The minimum absolute atomic E-state index is 0.120. The Morgan fingerprint density at radius 1 is 1.33 bits per heavy atom. The van der Waals surface area contributed by atoms with Gasteiger partial charge in [-0.1, -0.05) is 0 Å². The summed E-state index contributed by atoms with van der Waals surface area (Å²) in [5.74, 6) is -0.511. The van der Waals surface area contributed by atoms with Crippen LogP contribution in [-0.2, 0) is 9.59 Å². The van der Waals surface area contributed by atoms with Gasteiger partial charge < -0.3 is 5.32 Å². The number of Topliss-reactive ketones (excluding diaryl/α,β-unsaturated/α-hetero) is 1. The number of hydrogen-bond donors (Lipinski definition) is 2. The maximum Gasteiger partial charge on any atom is 0.231 e. The Balaban J connectivity index is 2.61. The first-order valence-electron chi connectivity index (χ1n) is 4.38. The van der Waals surface area contributed by atoms with Gasteiger partial charge in [0.25, 0.3) is 0 Å². The van der Waals surface area contributed by atoms with Gasteiger partial charge in [0.2, 0.25) is 5.91 Å². The molecule has 0 bridgehead atoms. The second-order valence-corrected chi connectivity index (χ2v) is 3.09. The fourth-order valence-corrected chi connectivity index (χ4v) is 1.05. The third-order valence-corrected chi connectivity index (χ3v) is 1.69. The van der Waals surface area contributed by atoms with E-state index in [-0.39, 0.29) is 18.1 Å². The van der Waals surface area contributed by atoms with Gasteiger partial charge in [0.15, 0.2) is 0 Å². The third kappa shape index (κ3) is 3.68. The Labute approximate surface area is 87.0 Å². The van der Waals surface area contributed by atoms with Crippen LogP contribution in [0.5, 0.6) is 0 Å². The maximum absolute atomic E-state index is 11.2. The molecule has 0 unspecified atom stereocenters. The SMILES string of the molecule is CC(=O)CC(=O)Nc1ccc(N=N)cc1. The number of carbonyl (C=O) groups is 2. The molecule has 1 aromatic rings. The van der Waals surface area contributed by atoms with Gasteiger partial charge in [-0.3, -0.25) is 9.59 Å². The molecule has 78 valence electrons. The van der Waals surface area contributed by atoms with E-state index in [4.69, 9.17) is 5.53 Å². The van der Waals surface area contributed by atoms with E-state index in [0.717, 1.165) is 0 Å². The van der Waals surface area contributed by atoms with Crippen LogP contribution in [0.4, 0.5) is 11.4 Å². The molecular formula is C10H11N3O2. The van der Waals surface area contributed by atoms with Crippen molar-refractivity contribution in [3.8, 4) is 0 Å². The van der Waals surface area contributed by atoms with Gasteiger partial charge in [-0.05, 0) is 31.2 Å². The topological polar surface area (TPSA) is 82.4 Å². The van der Waals surface area contributed by atoms with Crippen LogP contribution in [0.25, 0.3) is 0 Å². The summed E-state index contributed by atoms with van der Waals surface area (Å²) < 4.78 is 0. The molecule has 0 aliphatic rings. The maximum atomic E-state index is 11.2. The summed E-state index contributed by atoms with van der Waals surface area (Å²) in [5.41, 5.74) is 7.85. The summed E-state index contributed by atoms with van der Waals surface area (Å²) in [5, 5.41) is 5.78. The molecule has 0 fully saturated rings. The van der Waals surface area contributed by atoms with Gasteiger partial charge in [-0.15, -0.1) is 0 Å². The summed E-state index contributed by atoms with van der Waals surface area (Å²) in [7, 11) is 0. The number of benzene rings is 1. The first-order valence-corrected chi connectivity index (χ1v) is 4.38. The average Bonchev–Trinajstić information content (AvgIpc) is 2.17. The smallest absolute Gasteiger partial charge is 0.231 e. The van der Waals surface area contributed by atoms with Crippen LogP contribution in [0, 0.1) is 5.53 Å². The van der Waals surface area contributed by atoms with Gasteiger partial charge in [0, 0.05) is 5.69 Å². The quantitative estimate of drug-likeness (QED) is 0.583. The lowest BCUT2D eigenvalue weighted by Crippen LogP contribution is -2.14. The number of nitrogens with one attached hydrogen (secondary N) is 2. The molecule has 0 aliphatic heterocycles. The standard InChI is InChI=1S/C10H11N3O2/c1-7(14)6-10(15)12-8-2-4-9(13-11)5-3-8/h2-5,11H,6H2,1H3,(H,12,15). The Kier molecular flexibility index (Phi) is 3.68. The van der Waals surface area contributed by atoms with Crippen LogP contribution in [0.3, 0.4) is 0 Å². The van der Waals surface area contributed by atoms with Crippen molar-refractivity contribution < 1.29 is 9.59 Å². The molecule has 0 saturated carbocycles. The molecule has 0 saturated heterocycles. The monoisotopic (exact) mass is 205 g/mol. The number of amides is 1. The van der Waals surface area contributed by atoms with E-state index in [1.54, 1.807) is 24.3 Å². The Morgan fingerprint density at radius 2 is 1.93 bits per heavy atom. The Bertz CT molecular complexity index is 384. The molecule has 0 heterocycles. The highest BCUT2D eigenvalue weighted by Crippen LogP contribution is 2.15. The molecule has 1 rings (SSSR count). The van der Waals surface area contributed by atoms with Gasteiger partial charge in [-0.25, -0.2) is 5.53 Å². The van der Waals surface area contributed by atoms with E-state index >= 15 is 0 Å². The van der Waals surface area contributed by atoms with Crippen molar-refractivity contribution in [2.45, 2.75) is 13.3 Å². The van der Waals surface area contributed by atoms with Gasteiger partial charge >= 0.3 is 0 Å². The number of ketones is 1. The molecule has 5 nitrogen and oxygen atoms in total. The number of nitrogens with zero attached hydrogens (tertiary/aromatic N) is 1. The van der Waals surface area contributed by atoms with Crippen molar-refractivity contribution >= 4 is 23.1 Å². The molecule has 5 heteroatoms. The predicted molar refractivity (Wildman–Crippen MR) is 55.2 cm³/mol. The Morgan fingerprint density at radius 3 is 2.40 bits per heavy atom. The van der Waals surface area contributed by atoms with Crippen LogP contribution in [0.1, 0.15) is 13.3 Å². The largest absolute Gasteiger partial charge is 0.326 e. The zero-order valence-corrected chi connectivity index (χ0v) is 8.28. The molecule has 15 heavy (non-hydrogen) atoms. The van der Waals surface area contributed by atoms with Gasteiger partial charge in [0.05, 0.1) is 12.1 Å². The molecule has 1 aromatic carbocycles. The molecule has 2 N–H and O–H groups in total. The lowest BCUT2D eigenvalue weighted by molar-refractivity contribution is -0.124. The minimum Gasteiger partial charge on any atom is -0.326 e. The number of hydrogen-bond acceptors (Lipinski definition) is 4. The second-order valence-electron chi connectivity index (χ2n) is 3.09. The van der Waals surface area contributed by atoms with Crippen molar-refractivity contribution in [2.24, 2.45) is 5.11 Å². The summed E-state index contributed by atoms with van der Waals surface area (Å²) in [6.45, 7) is 1.36. The normalized spacial score (nSPS) is 9.40. The van der Waals surface area contributed by atoms with E-state index in [1.807, 2.05) is 0 Å². The molecule has 0 aliphatic carbocycles. The number of anilines is 1. The molecule has 0 atom stereocenters. The first kappa shape index (κ1) is 11.0. The summed E-state index contributed by atoms with van der Waals surface area (Å²) in [6, 6.07) is 6.48. The highest BCUT2D eigenvalue weighted by Gasteiger charge is 2.04. The van der Waals surface area contributed by atoms with E-state index in [0.29, 0.717) is 11.4 Å². The lowest BCUT2D eigenvalue weighted by atomic mass is 10.2. The van der Waals surface area contributed by atoms with E-state index < -0.39 is 0 Å². The summed E-state index contributed by atoms with van der Waals surface area (Å²) in [4.78, 5) is 21.8. The van der Waals surface area contributed by atoms with Gasteiger partial charge in [-0.2, -0.15) is 5.11 Å². The third-order valence-electron chi connectivity index (χ3n) is 1.69. The van der Waals surface area contributed by atoms with Crippen LogP contribution >= 0.6 is 0 Å². The van der Waals surface area contributed by atoms with Crippen molar-refractivity contribution in [1.29, 1.82) is 5.53 Å². The van der Waals surface area contributed by atoms with Crippen molar-refractivity contribution in [3.05, 3.63) is 24.3 Å². The van der Waals surface area contributed by atoms with Crippen molar-refractivity contribution in [1.82, 2.24) is 0 Å². The highest BCUT2D eigenvalue weighted by molar-refractivity contribution is 6.03. The molecular weight excluding hydrogens is 194 g/mol. The zero-order valence-electron chi connectivity index (χ0n) is 8.28. The predicted octanol–water partition coefficient (Wildman–Crippen LogP) is 2.27. The average molecular weight is 205 g/mol. The number of rotatable bonds is 4.